The third kappa shape index (κ3) is 3.44. The minimum atomic E-state index is -1.04. The number of hydrogen-bond acceptors (Lipinski definition) is 3. The first-order valence-electron chi connectivity index (χ1n) is 6.55. The molecule has 1 atom stereocenters. The Morgan fingerprint density at radius 2 is 2.32 bits per heavy atom. The van der Waals surface area contributed by atoms with E-state index < -0.39 is 11.8 Å². The topological polar surface area (TPSA) is 52.6 Å². The number of carboxylic acids is 1. The number of carbonyl (C=O) groups is 1. The van der Waals surface area contributed by atoms with Crippen LogP contribution in [0.3, 0.4) is 0 Å². The predicted octanol–water partition coefficient (Wildman–Crippen LogP) is 2.42. The van der Waals surface area contributed by atoms with E-state index in [4.69, 9.17) is 5.11 Å². The minimum Gasteiger partial charge on any atom is -0.478 e. The van der Waals surface area contributed by atoms with Gasteiger partial charge in [0.2, 0.25) is 0 Å². The summed E-state index contributed by atoms with van der Waals surface area (Å²) < 4.78 is 13.6. The average Bonchev–Trinajstić information content (AvgIpc) is 2.39. The van der Waals surface area contributed by atoms with Gasteiger partial charge in [0, 0.05) is 12.6 Å². The molecular formula is C14H19FN2O2. The van der Waals surface area contributed by atoms with Gasteiger partial charge in [0.1, 0.15) is 5.82 Å². The monoisotopic (exact) mass is 266 g/mol. The van der Waals surface area contributed by atoms with Crippen LogP contribution in [0.15, 0.2) is 18.2 Å². The van der Waals surface area contributed by atoms with Crippen LogP contribution in [0.2, 0.25) is 0 Å². The Labute approximate surface area is 112 Å². The van der Waals surface area contributed by atoms with Crippen LogP contribution in [0.25, 0.3) is 0 Å². The number of nitrogens with zero attached hydrogens (tertiary/aromatic N) is 1. The van der Waals surface area contributed by atoms with E-state index in [1.54, 1.807) is 0 Å². The summed E-state index contributed by atoms with van der Waals surface area (Å²) in [6.45, 7) is 1.69. The van der Waals surface area contributed by atoms with Crippen molar-refractivity contribution in [1.82, 2.24) is 4.90 Å². The molecule has 1 aromatic carbocycles. The molecular weight excluding hydrogens is 247 g/mol. The summed E-state index contributed by atoms with van der Waals surface area (Å²) in [5.74, 6) is -1.46. The smallest absolute Gasteiger partial charge is 0.335 e. The third-order valence-electron chi connectivity index (χ3n) is 3.66. The number of carboxylic acid groups (broad SMARTS) is 1. The summed E-state index contributed by atoms with van der Waals surface area (Å²) >= 11 is 0. The number of halogens is 1. The number of nitrogens with one attached hydrogen (secondary N) is 1. The van der Waals surface area contributed by atoms with Gasteiger partial charge in [0.15, 0.2) is 0 Å². The van der Waals surface area contributed by atoms with Gasteiger partial charge in [0.25, 0.3) is 0 Å². The maximum Gasteiger partial charge on any atom is 0.335 e. The lowest BCUT2D eigenvalue weighted by Gasteiger charge is -2.32. The zero-order valence-corrected chi connectivity index (χ0v) is 11.0. The molecule has 1 aliphatic rings. The first-order valence-corrected chi connectivity index (χ1v) is 6.55. The van der Waals surface area contributed by atoms with Gasteiger partial charge in [-0.15, -0.1) is 0 Å². The summed E-state index contributed by atoms with van der Waals surface area (Å²) in [6.07, 6.45) is 3.48. The number of piperidine rings is 1. The molecule has 4 nitrogen and oxygen atoms in total. The first kappa shape index (κ1) is 13.8. The van der Waals surface area contributed by atoms with Crippen LogP contribution in [-0.4, -0.2) is 42.2 Å². The highest BCUT2D eigenvalue weighted by Crippen LogP contribution is 2.19. The lowest BCUT2D eigenvalue weighted by atomic mass is 10.0. The molecule has 0 radical (unpaired) electrons. The fraction of sp³-hybridized carbons (Fsp3) is 0.500. The molecule has 0 aromatic heterocycles. The second-order valence-corrected chi connectivity index (χ2v) is 5.01. The van der Waals surface area contributed by atoms with Crippen molar-refractivity contribution >= 4 is 11.7 Å². The van der Waals surface area contributed by atoms with Crippen molar-refractivity contribution < 1.29 is 14.3 Å². The van der Waals surface area contributed by atoms with Crippen molar-refractivity contribution in [1.29, 1.82) is 0 Å². The summed E-state index contributed by atoms with van der Waals surface area (Å²) in [6, 6.07) is 4.19. The maximum atomic E-state index is 13.6. The number of hydrogen-bond donors (Lipinski definition) is 2. The molecule has 0 amide bonds. The Morgan fingerprint density at radius 1 is 1.53 bits per heavy atom. The fourth-order valence-corrected chi connectivity index (χ4v) is 2.42. The summed E-state index contributed by atoms with van der Waals surface area (Å²) in [5, 5.41) is 11.9. The number of anilines is 1. The zero-order valence-electron chi connectivity index (χ0n) is 11.0. The molecule has 0 aliphatic carbocycles. The molecule has 19 heavy (non-hydrogen) atoms. The highest BCUT2D eigenvalue weighted by atomic mass is 19.1. The molecule has 104 valence electrons. The number of benzene rings is 1. The van der Waals surface area contributed by atoms with Gasteiger partial charge in [-0.3, -0.25) is 0 Å². The maximum absolute atomic E-state index is 13.6. The van der Waals surface area contributed by atoms with Gasteiger partial charge < -0.3 is 15.3 Å². The van der Waals surface area contributed by atoms with Crippen LogP contribution in [-0.2, 0) is 0 Å². The van der Waals surface area contributed by atoms with Crippen LogP contribution in [0.1, 0.15) is 29.6 Å². The summed E-state index contributed by atoms with van der Waals surface area (Å²) in [7, 11) is 2.07. The minimum absolute atomic E-state index is 0.0981. The molecule has 5 heteroatoms. The van der Waals surface area contributed by atoms with Gasteiger partial charge in [-0.2, -0.15) is 0 Å². The molecule has 1 fully saturated rings. The fourth-order valence-electron chi connectivity index (χ4n) is 2.42. The van der Waals surface area contributed by atoms with E-state index in [1.807, 2.05) is 0 Å². The lowest BCUT2D eigenvalue weighted by molar-refractivity contribution is 0.0697. The van der Waals surface area contributed by atoms with E-state index in [9.17, 15) is 9.18 Å². The largest absolute Gasteiger partial charge is 0.478 e. The molecule has 1 aromatic rings. The van der Waals surface area contributed by atoms with Crippen molar-refractivity contribution in [2.24, 2.45) is 0 Å². The summed E-state index contributed by atoms with van der Waals surface area (Å²) in [5.41, 5.74) is 0.361. The molecule has 1 unspecified atom stereocenters. The van der Waals surface area contributed by atoms with E-state index in [0.717, 1.165) is 13.0 Å². The quantitative estimate of drug-likeness (QED) is 0.878. The van der Waals surface area contributed by atoms with Gasteiger partial charge in [-0.1, -0.05) is 6.42 Å². The normalized spacial score (nSPS) is 20.2. The lowest BCUT2D eigenvalue weighted by Crippen LogP contribution is -2.40. The van der Waals surface area contributed by atoms with E-state index in [-0.39, 0.29) is 11.3 Å². The van der Waals surface area contributed by atoms with Crippen LogP contribution >= 0.6 is 0 Å². The van der Waals surface area contributed by atoms with E-state index in [1.165, 1.54) is 31.0 Å². The predicted molar refractivity (Wildman–Crippen MR) is 72.1 cm³/mol. The molecule has 0 bridgehead atoms. The Kier molecular flexibility index (Phi) is 4.37. The number of likely N-dealkylation sites (tertiary alicyclic amines) is 1. The Bertz CT molecular complexity index is 465. The van der Waals surface area contributed by atoms with E-state index >= 15 is 0 Å². The van der Waals surface area contributed by atoms with Crippen LogP contribution in [0.5, 0.6) is 0 Å². The SMILES string of the molecule is CN1CCCCC1CNc1cc(C(=O)O)ccc1F. The molecule has 2 rings (SSSR count). The van der Waals surface area contributed by atoms with Crippen molar-refractivity contribution in [3.8, 4) is 0 Å². The van der Waals surface area contributed by atoms with Crippen LogP contribution in [0, 0.1) is 5.82 Å². The van der Waals surface area contributed by atoms with E-state index in [0.29, 0.717) is 12.6 Å². The standard InChI is InChI=1S/C14H19FN2O2/c1-17-7-3-2-4-11(17)9-16-13-8-10(14(18)19)5-6-12(13)15/h5-6,8,11,16H,2-4,7,9H2,1H3,(H,18,19). The van der Waals surface area contributed by atoms with Gasteiger partial charge in [-0.05, 0) is 44.6 Å². The number of rotatable bonds is 4. The second kappa shape index (κ2) is 6.02. The van der Waals surface area contributed by atoms with Crippen molar-refractivity contribution in [3.05, 3.63) is 29.6 Å². The van der Waals surface area contributed by atoms with Crippen molar-refractivity contribution in [2.45, 2.75) is 25.3 Å². The first-order chi connectivity index (χ1) is 9.08. The zero-order chi connectivity index (χ0) is 13.8. The molecule has 1 aliphatic heterocycles. The molecule has 1 heterocycles. The average molecular weight is 266 g/mol. The third-order valence-corrected chi connectivity index (χ3v) is 3.66. The van der Waals surface area contributed by atoms with E-state index in [2.05, 4.69) is 17.3 Å². The van der Waals surface area contributed by atoms with Gasteiger partial charge >= 0.3 is 5.97 Å². The van der Waals surface area contributed by atoms with Crippen molar-refractivity contribution in [3.63, 3.8) is 0 Å². The highest BCUT2D eigenvalue weighted by Gasteiger charge is 2.19. The van der Waals surface area contributed by atoms with Crippen LogP contribution in [0.4, 0.5) is 10.1 Å². The molecule has 2 N–H and O–H groups in total. The van der Waals surface area contributed by atoms with Gasteiger partial charge in [0.05, 0.1) is 11.3 Å². The molecule has 0 spiro atoms. The van der Waals surface area contributed by atoms with Crippen molar-refractivity contribution in [2.75, 3.05) is 25.5 Å². The Morgan fingerprint density at radius 3 is 3.00 bits per heavy atom. The number of likely N-dealkylation sites (N-methyl/N-ethyl adjacent to an activating group) is 1. The highest BCUT2D eigenvalue weighted by molar-refractivity contribution is 5.88. The molecule has 1 saturated heterocycles. The number of aromatic carboxylic acids is 1. The molecule has 0 saturated carbocycles. The Balaban J connectivity index is 2.02. The van der Waals surface area contributed by atoms with Crippen LogP contribution < -0.4 is 5.32 Å². The van der Waals surface area contributed by atoms with Gasteiger partial charge in [-0.25, -0.2) is 9.18 Å². The Hall–Kier alpha value is -1.62. The summed E-state index contributed by atoms with van der Waals surface area (Å²) in [4.78, 5) is 13.1. The second-order valence-electron chi connectivity index (χ2n) is 5.01.